The number of methoxy groups -OCH3 is 1. The molecule has 0 atom stereocenters. The van der Waals surface area contributed by atoms with E-state index in [9.17, 15) is 9.59 Å². The number of hydrogen-bond acceptors (Lipinski definition) is 5. The van der Waals surface area contributed by atoms with E-state index < -0.39 is 11.8 Å². The number of hydrogen-bond donors (Lipinski definition) is 2. The molecular weight excluding hydrogens is 284 g/mol. The molecule has 2 N–H and O–H groups in total. The number of likely N-dealkylation sites (N-methyl/N-ethyl adjacent to an activating group) is 1. The Morgan fingerprint density at radius 2 is 1.82 bits per heavy atom. The lowest BCUT2D eigenvalue weighted by molar-refractivity contribution is -0.142. The van der Waals surface area contributed by atoms with Crippen LogP contribution in [0.15, 0.2) is 24.3 Å². The summed E-state index contributed by atoms with van der Waals surface area (Å²) in [6.45, 7) is 3.40. The number of benzene rings is 1. The molecule has 0 aliphatic carbocycles. The third-order valence-corrected chi connectivity index (χ3v) is 3.60. The fourth-order valence-electron chi connectivity index (χ4n) is 2.22. The lowest BCUT2D eigenvalue weighted by atomic mass is 10.2. The minimum atomic E-state index is -0.648. The summed E-state index contributed by atoms with van der Waals surface area (Å²) < 4.78 is 5.20. The number of ether oxygens (including phenoxy) is 1. The van der Waals surface area contributed by atoms with Crippen molar-refractivity contribution in [1.82, 2.24) is 20.7 Å². The standard InChI is InChI=1S/C15H22N4O3/c1-18-7-9-19(10-8-18)17-15(21)14(20)16-11-12-5-3-4-6-13(12)22-2/h3-6H,7-11H2,1-2H3,(H,16,20)(H,17,21). The molecule has 1 aromatic carbocycles. The van der Waals surface area contributed by atoms with Gasteiger partial charge >= 0.3 is 11.8 Å². The van der Waals surface area contributed by atoms with E-state index in [0.29, 0.717) is 18.8 Å². The molecule has 7 nitrogen and oxygen atoms in total. The van der Waals surface area contributed by atoms with E-state index >= 15 is 0 Å². The molecule has 0 spiro atoms. The van der Waals surface area contributed by atoms with Gasteiger partial charge in [0, 0.05) is 38.3 Å². The summed E-state index contributed by atoms with van der Waals surface area (Å²) in [4.78, 5) is 25.9. The fourth-order valence-corrected chi connectivity index (χ4v) is 2.22. The molecule has 0 radical (unpaired) electrons. The minimum absolute atomic E-state index is 0.249. The molecule has 22 heavy (non-hydrogen) atoms. The summed E-state index contributed by atoms with van der Waals surface area (Å²) in [5.74, 6) is -0.605. The molecule has 0 aromatic heterocycles. The topological polar surface area (TPSA) is 73.9 Å². The van der Waals surface area contributed by atoms with E-state index in [2.05, 4.69) is 15.6 Å². The van der Waals surface area contributed by atoms with Crippen LogP contribution in [0, 0.1) is 0 Å². The second-order valence-electron chi connectivity index (χ2n) is 5.23. The Morgan fingerprint density at radius 3 is 2.50 bits per heavy atom. The zero-order valence-corrected chi connectivity index (χ0v) is 13.0. The Hall–Kier alpha value is -2.12. The van der Waals surface area contributed by atoms with Gasteiger partial charge in [-0.2, -0.15) is 0 Å². The van der Waals surface area contributed by atoms with Gasteiger partial charge < -0.3 is 15.0 Å². The van der Waals surface area contributed by atoms with Crippen LogP contribution in [-0.2, 0) is 16.1 Å². The van der Waals surface area contributed by atoms with Gasteiger partial charge in [0.05, 0.1) is 7.11 Å². The van der Waals surface area contributed by atoms with Crippen molar-refractivity contribution in [3.05, 3.63) is 29.8 Å². The highest BCUT2D eigenvalue weighted by Gasteiger charge is 2.20. The molecule has 0 saturated carbocycles. The Labute approximate surface area is 130 Å². The normalized spacial score (nSPS) is 16.1. The molecule has 1 aliphatic rings. The number of hydrazine groups is 1. The molecule has 120 valence electrons. The van der Waals surface area contributed by atoms with Crippen molar-refractivity contribution in [1.29, 1.82) is 0 Å². The van der Waals surface area contributed by atoms with Crippen LogP contribution in [0.2, 0.25) is 0 Å². The number of nitrogens with zero attached hydrogens (tertiary/aromatic N) is 2. The first kappa shape index (κ1) is 16.3. The maximum atomic E-state index is 11.9. The predicted molar refractivity (Wildman–Crippen MR) is 82.1 cm³/mol. The molecule has 1 fully saturated rings. The van der Waals surface area contributed by atoms with Gasteiger partial charge in [-0.05, 0) is 13.1 Å². The smallest absolute Gasteiger partial charge is 0.323 e. The second-order valence-corrected chi connectivity index (χ2v) is 5.23. The van der Waals surface area contributed by atoms with Gasteiger partial charge in [-0.3, -0.25) is 15.0 Å². The Morgan fingerprint density at radius 1 is 1.14 bits per heavy atom. The highest BCUT2D eigenvalue weighted by atomic mass is 16.5. The highest BCUT2D eigenvalue weighted by Crippen LogP contribution is 2.16. The molecule has 2 amide bonds. The average molecular weight is 306 g/mol. The van der Waals surface area contributed by atoms with Crippen molar-refractivity contribution in [3.63, 3.8) is 0 Å². The van der Waals surface area contributed by atoms with Gasteiger partial charge in [0.15, 0.2) is 0 Å². The Balaban J connectivity index is 1.80. The van der Waals surface area contributed by atoms with E-state index in [1.165, 1.54) is 0 Å². The third-order valence-electron chi connectivity index (χ3n) is 3.60. The number of nitrogens with one attached hydrogen (secondary N) is 2. The number of piperazine rings is 1. The number of para-hydroxylation sites is 1. The second kappa shape index (κ2) is 7.77. The number of carbonyl (C=O) groups excluding carboxylic acids is 2. The van der Waals surface area contributed by atoms with E-state index in [1.807, 2.05) is 31.3 Å². The van der Waals surface area contributed by atoms with Crippen molar-refractivity contribution in [2.75, 3.05) is 40.3 Å². The zero-order valence-electron chi connectivity index (χ0n) is 13.0. The van der Waals surface area contributed by atoms with Gasteiger partial charge in [-0.1, -0.05) is 18.2 Å². The summed E-state index contributed by atoms with van der Waals surface area (Å²) >= 11 is 0. The molecule has 7 heteroatoms. The zero-order chi connectivity index (χ0) is 15.9. The molecule has 1 saturated heterocycles. The molecule has 2 rings (SSSR count). The minimum Gasteiger partial charge on any atom is -0.496 e. The maximum absolute atomic E-state index is 11.9. The molecular formula is C15H22N4O3. The summed E-state index contributed by atoms with van der Waals surface area (Å²) in [5.41, 5.74) is 3.45. The molecule has 0 unspecified atom stereocenters. The largest absolute Gasteiger partial charge is 0.496 e. The number of carbonyl (C=O) groups is 2. The van der Waals surface area contributed by atoms with E-state index in [-0.39, 0.29) is 6.54 Å². The van der Waals surface area contributed by atoms with Crippen LogP contribution in [0.5, 0.6) is 5.75 Å². The summed E-state index contributed by atoms with van der Waals surface area (Å²) in [5, 5.41) is 4.37. The first-order valence-corrected chi connectivity index (χ1v) is 7.24. The van der Waals surface area contributed by atoms with Crippen LogP contribution in [0.4, 0.5) is 0 Å². The van der Waals surface area contributed by atoms with Crippen molar-refractivity contribution < 1.29 is 14.3 Å². The average Bonchev–Trinajstić information content (AvgIpc) is 2.54. The third kappa shape index (κ3) is 4.44. The molecule has 1 heterocycles. The van der Waals surface area contributed by atoms with Crippen molar-refractivity contribution in [2.45, 2.75) is 6.54 Å². The molecule has 1 aromatic rings. The molecule has 1 aliphatic heterocycles. The lowest BCUT2D eigenvalue weighted by Gasteiger charge is -2.32. The first-order valence-electron chi connectivity index (χ1n) is 7.24. The Kier molecular flexibility index (Phi) is 5.74. The number of amides is 2. The quantitative estimate of drug-likeness (QED) is 0.740. The van der Waals surface area contributed by atoms with Gasteiger partial charge in [0.25, 0.3) is 0 Å². The Bertz CT molecular complexity index is 527. The van der Waals surface area contributed by atoms with Crippen molar-refractivity contribution in [3.8, 4) is 5.75 Å². The van der Waals surface area contributed by atoms with Gasteiger partial charge in [0.1, 0.15) is 5.75 Å². The fraction of sp³-hybridized carbons (Fsp3) is 0.467. The summed E-state index contributed by atoms with van der Waals surface area (Å²) in [6, 6.07) is 7.36. The van der Waals surface area contributed by atoms with Crippen LogP contribution in [0.3, 0.4) is 0 Å². The van der Waals surface area contributed by atoms with Gasteiger partial charge in [-0.25, -0.2) is 5.01 Å². The van der Waals surface area contributed by atoms with Crippen LogP contribution >= 0.6 is 0 Å². The van der Waals surface area contributed by atoms with Crippen molar-refractivity contribution in [2.24, 2.45) is 0 Å². The van der Waals surface area contributed by atoms with E-state index in [1.54, 1.807) is 12.1 Å². The lowest BCUT2D eigenvalue weighted by Crippen LogP contribution is -2.55. The van der Waals surface area contributed by atoms with Crippen molar-refractivity contribution >= 4 is 11.8 Å². The van der Waals surface area contributed by atoms with Crippen LogP contribution in [0.25, 0.3) is 0 Å². The van der Waals surface area contributed by atoms with Crippen LogP contribution < -0.4 is 15.5 Å². The molecule has 0 bridgehead atoms. The van der Waals surface area contributed by atoms with E-state index in [0.717, 1.165) is 18.7 Å². The van der Waals surface area contributed by atoms with E-state index in [4.69, 9.17) is 4.74 Å². The SMILES string of the molecule is COc1ccccc1CNC(=O)C(=O)NN1CCN(C)CC1. The van der Waals surface area contributed by atoms with Gasteiger partial charge in [-0.15, -0.1) is 0 Å². The summed E-state index contributed by atoms with van der Waals surface area (Å²) in [7, 11) is 3.60. The number of rotatable bonds is 4. The van der Waals surface area contributed by atoms with Gasteiger partial charge in [0.2, 0.25) is 0 Å². The maximum Gasteiger partial charge on any atom is 0.323 e. The van der Waals surface area contributed by atoms with Crippen LogP contribution in [-0.4, -0.2) is 62.1 Å². The summed E-state index contributed by atoms with van der Waals surface area (Å²) in [6.07, 6.45) is 0. The predicted octanol–water partition coefficient (Wildman–Crippen LogP) is -0.410. The monoisotopic (exact) mass is 306 g/mol. The first-order chi connectivity index (χ1) is 10.6. The van der Waals surface area contributed by atoms with Crippen LogP contribution in [0.1, 0.15) is 5.56 Å². The highest BCUT2D eigenvalue weighted by molar-refractivity contribution is 6.34.